The summed E-state index contributed by atoms with van der Waals surface area (Å²) in [4.78, 5) is 24.6. The van der Waals surface area contributed by atoms with Gasteiger partial charge in [0.05, 0.1) is 12.7 Å². The molecule has 2 heterocycles. The van der Waals surface area contributed by atoms with Gasteiger partial charge in [-0.25, -0.2) is 4.79 Å². The average molecular weight is 355 g/mol. The number of tetrazole rings is 1. The van der Waals surface area contributed by atoms with Crippen LogP contribution in [0.2, 0.25) is 0 Å². The number of esters is 1. The van der Waals surface area contributed by atoms with E-state index in [0.29, 0.717) is 0 Å². The van der Waals surface area contributed by atoms with Crippen LogP contribution in [0.15, 0.2) is 35.5 Å². The summed E-state index contributed by atoms with van der Waals surface area (Å²) in [6.07, 6.45) is 0. The summed E-state index contributed by atoms with van der Waals surface area (Å²) in [5.41, 5.74) is 2.30. The summed E-state index contributed by atoms with van der Waals surface area (Å²) in [5, 5.41) is 14.3. The Kier molecular flexibility index (Phi) is 4.35. The number of Topliss-reactive ketones (excluding diaryl/α,β-unsaturated/α-hetero) is 1. The second-order valence-corrected chi connectivity index (χ2v) is 7.18. The highest BCUT2D eigenvalue weighted by Crippen LogP contribution is 2.36. The van der Waals surface area contributed by atoms with E-state index in [4.69, 9.17) is 4.74 Å². The lowest BCUT2D eigenvalue weighted by atomic mass is 9.85. The molecule has 8 nitrogen and oxygen atoms in total. The number of carbonyl (C=O) groups is 2. The molecule has 1 aliphatic heterocycles. The van der Waals surface area contributed by atoms with Crippen molar-refractivity contribution in [1.82, 2.24) is 20.2 Å². The average Bonchev–Trinajstić information content (AvgIpc) is 3.06. The molecule has 26 heavy (non-hydrogen) atoms. The molecule has 0 saturated heterocycles. The van der Waals surface area contributed by atoms with E-state index < -0.39 is 12.0 Å². The van der Waals surface area contributed by atoms with Crippen molar-refractivity contribution in [3.05, 3.63) is 46.7 Å². The number of allylic oxidation sites excluding steroid dienone is 1. The Morgan fingerprint density at radius 1 is 1.19 bits per heavy atom. The van der Waals surface area contributed by atoms with Crippen molar-refractivity contribution in [2.45, 2.75) is 39.2 Å². The molecule has 0 radical (unpaired) electrons. The molecule has 0 bridgehead atoms. The van der Waals surface area contributed by atoms with Crippen LogP contribution in [0.1, 0.15) is 44.9 Å². The van der Waals surface area contributed by atoms with E-state index in [0.717, 1.165) is 11.1 Å². The van der Waals surface area contributed by atoms with E-state index in [2.05, 4.69) is 41.6 Å². The van der Waals surface area contributed by atoms with Gasteiger partial charge in [0.2, 0.25) is 5.95 Å². The van der Waals surface area contributed by atoms with E-state index in [1.54, 1.807) is 0 Å². The minimum Gasteiger partial charge on any atom is -0.464 e. The van der Waals surface area contributed by atoms with E-state index in [1.807, 2.05) is 24.3 Å². The van der Waals surface area contributed by atoms with Crippen LogP contribution in [-0.2, 0) is 19.7 Å². The lowest BCUT2D eigenvalue weighted by Gasteiger charge is -2.28. The number of hydrogen-bond acceptors (Lipinski definition) is 7. The first-order valence-electron chi connectivity index (χ1n) is 8.22. The largest absolute Gasteiger partial charge is 0.464 e. The fourth-order valence-corrected chi connectivity index (χ4v) is 2.99. The van der Waals surface area contributed by atoms with Crippen LogP contribution >= 0.6 is 0 Å². The molecule has 1 aliphatic rings. The number of anilines is 1. The van der Waals surface area contributed by atoms with Gasteiger partial charge in [-0.3, -0.25) is 4.79 Å². The molecule has 3 rings (SSSR count). The number of carbonyl (C=O) groups excluding carboxylic acids is 2. The summed E-state index contributed by atoms with van der Waals surface area (Å²) in [6.45, 7) is 7.79. The first kappa shape index (κ1) is 17.8. The van der Waals surface area contributed by atoms with Crippen LogP contribution < -0.4 is 5.32 Å². The zero-order valence-electron chi connectivity index (χ0n) is 15.4. The maximum Gasteiger partial charge on any atom is 0.355 e. The van der Waals surface area contributed by atoms with Gasteiger partial charge in [-0.05, 0) is 33.9 Å². The number of nitrogens with one attached hydrogen (secondary N) is 1. The third kappa shape index (κ3) is 2.98. The molecule has 0 spiro atoms. The number of benzene rings is 1. The monoisotopic (exact) mass is 355 g/mol. The first-order chi connectivity index (χ1) is 12.2. The second kappa shape index (κ2) is 6.36. The van der Waals surface area contributed by atoms with Crippen molar-refractivity contribution in [2.24, 2.45) is 0 Å². The maximum atomic E-state index is 12.4. The van der Waals surface area contributed by atoms with Crippen molar-refractivity contribution in [2.75, 3.05) is 12.4 Å². The summed E-state index contributed by atoms with van der Waals surface area (Å²) in [5.74, 6) is -0.620. The number of rotatable bonds is 3. The zero-order valence-corrected chi connectivity index (χ0v) is 15.4. The molecule has 1 aromatic carbocycles. The Hall–Kier alpha value is -3.03. The molecule has 0 amide bonds. The Labute approximate surface area is 151 Å². The van der Waals surface area contributed by atoms with Crippen molar-refractivity contribution < 1.29 is 14.3 Å². The number of methoxy groups -OCH3 is 1. The lowest BCUT2D eigenvalue weighted by molar-refractivity contribution is -0.136. The fraction of sp³-hybridized carbons (Fsp3) is 0.389. The standard InChI is InChI=1S/C18H21N5O3/c1-10(24)13-14(16(25)26-5)19-17-20-21-22-23(17)15(13)11-6-8-12(9-7-11)18(2,3)4/h6-9,15H,1-5H3,(H,19,20,22). The maximum absolute atomic E-state index is 12.4. The van der Waals surface area contributed by atoms with Crippen LogP contribution in [0, 0.1) is 0 Å². The van der Waals surface area contributed by atoms with E-state index in [1.165, 1.54) is 18.7 Å². The Bertz CT molecular complexity index is 890. The van der Waals surface area contributed by atoms with Crippen LogP contribution in [0.25, 0.3) is 0 Å². The van der Waals surface area contributed by atoms with Gasteiger partial charge in [-0.2, -0.15) is 4.68 Å². The number of nitrogens with zero attached hydrogens (tertiary/aromatic N) is 4. The first-order valence-corrected chi connectivity index (χ1v) is 8.22. The Balaban J connectivity index is 2.17. The lowest BCUT2D eigenvalue weighted by Crippen LogP contribution is -2.32. The van der Waals surface area contributed by atoms with Crippen molar-refractivity contribution >= 4 is 17.7 Å². The molecular formula is C18H21N5O3. The van der Waals surface area contributed by atoms with Crippen LogP contribution in [-0.4, -0.2) is 39.1 Å². The number of ketones is 1. The Morgan fingerprint density at radius 2 is 1.85 bits per heavy atom. The van der Waals surface area contributed by atoms with Gasteiger partial charge in [0.1, 0.15) is 11.7 Å². The SMILES string of the molecule is COC(=O)C1=C(C(C)=O)C(c2ccc(C(C)(C)C)cc2)n2nnnc2N1. The summed E-state index contributed by atoms with van der Waals surface area (Å²) < 4.78 is 6.32. The highest BCUT2D eigenvalue weighted by atomic mass is 16.5. The van der Waals surface area contributed by atoms with Crippen LogP contribution in [0.3, 0.4) is 0 Å². The van der Waals surface area contributed by atoms with Gasteiger partial charge in [0.25, 0.3) is 0 Å². The molecule has 8 heteroatoms. The summed E-state index contributed by atoms with van der Waals surface area (Å²) in [6, 6.07) is 7.27. The minimum atomic E-state index is -0.638. The van der Waals surface area contributed by atoms with Gasteiger partial charge in [0, 0.05) is 0 Å². The number of aromatic nitrogens is 4. The van der Waals surface area contributed by atoms with Gasteiger partial charge in [-0.1, -0.05) is 50.1 Å². The number of ether oxygens (including phenoxy) is 1. The highest BCUT2D eigenvalue weighted by Gasteiger charge is 2.36. The molecule has 0 aliphatic carbocycles. The van der Waals surface area contributed by atoms with E-state index in [-0.39, 0.29) is 28.4 Å². The third-order valence-electron chi connectivity index (χ3n) is 4.38. The van der Waals surface area contributed by atoms with Crippen molar-refractivity contribution in [3.8, 4) is 0 Å². The molecule has 0 fully saturated rings. The van der Waals surface area contributed by atoms with Gasteiger partial charge in [0.15, 0.2) is 5.78 Å². The quantitative estimate of drug-likeness (QED) is 0.841. The van der Waals surface area contributed by atoms with E-state index in [9.17, 15) is 9.59 Å². The topological polar surface area (TPSA) is 99.0 Å². The van der Waals surface area contributed by atoms with Crippen molar-refractivity contribution in [3.63, 3.8) is 0 Å². The fourth-order valence-electron chi connectivity index (χ4n) is 2.99. The summed E-state index contributed by atoms with van der Waals surface area (Å²) in [7, 11) is 1.26. The summed E-state index contributed by atoms with van der Waals surface area (Å²) >= 11 is 0. The van der Waals surface area contributed by atoms with Gasteiger partial charge < -0.3 is 10.1 Å². The van der Waals surface area contributed by atoms with E-state index >= 15 is 0 Å². The molecule has 1 aromatic heterocycles. The molecule has 1 N–H and O–H groups in total. The van der Waals surface area contributed by atoms with Gasteiger partial charge in [-0.15, -0.1) is 0 Å². The smallest absolute Gasteiger partial charge is 0.355 e. The second-order valence-electron chi connectivity index (χ2n) is 7.18. The van der Waals surface area contributed by atoms with Crippen LogP contribution in [0.4, 0.5) is 5.95 Å². The predicted octanol–water partition coefficient (Wildman–Crippen LogP) is 2.00. The number of fused-ring (bicyclic) bond motifs is 1. The third-order valence-corrected chi connectivity index (χ3v) is 4.38. The molecular weight excluding hydrogens is 334 g/mol. The minimum absolute atomic E-state index is 0.00302. The molecule has 1 atom stereocenters. The normalized spacial score (nSPS) is 16.7. The molecule has 2 aromatic rings. The molecule has 1 unspecified atom stereocenters. The molecule has 0 saturated carbocycles. The zero-order chi connectivity index (χ0) is 19.1. The molecule has 136 valence electrons. The van der Waals surface area contributed by atoms with Crippen LogP contribution in [0.5, 0.6) is 0 Å². The predicted molar refractivity (Wildman–Crippen MR) is 94.4 cm³/mol. The van der Waals surface area contributed by atoms with Gasteiger partial charge >= 0.3 is 5.97 Å². The number of hydrogen-bond donors (Lipinski definition) is 1. The van der Waals surface area contributed by atoms with Crippen molar-refractivity contribution in [1.29, 1.82) is 0 Å². The Morgan fingerprint density at radius 3 is 2.38 bits per heavy atom. The highest BCUT2D eigenvalue weighted by molar-refractivity contribution is 6.05.